The van der Waals surface area contributed by atoms with Crippen LogP contribution in [0, 0.1) is 5.82 Å². The molecule has 0 amide bonds. The number of phenolic OH excluding ortho intramolecular Hbond substituents is 1. The van der Waals surface area contributed by atoms with Crippen molar-refractivity contribution in [2.75, 3.05) is 6.54 Å². The molecular formula is C16H24FNO. The van der Waals surface area contributed by atoms with Crippen molar-refractivity contribution in [3.63, 3.8) is 0 Å². The number of benzene rings is 1. The highest BCUT2D eigenvalue weighted by Gasteiger charge is 2.26. The second kappa shape index (κ2) is 6.38. The van der Waals surface area contributed by atoms with Crippen molar-refractivity contribution >= 4 is 0 Å². The van der Waals surface area contributed by atoms with Gasteiger partial charge in [0.05, 0.1) is 0 Å². The molecule has 1 atom stereocenters. The lowest BCUT2D eigenvalue weighted by Gasteiger charge is -2.38. The average Bonchev–Trinajstić information content (AvgIpc) is 2.40. The number of rotatable bonds is 4. The summed E-state index contributed by atoms with van der Waals surface area (Å²) in [5, 5.41) is 9.31. The molecule has 3 heteroatoms. The highest BCUT2D eigenvalue weighted by Crippen LogP contribution is 2.31. The van der Waals surface area contributed by atoms with Gasteiger partial charge in [-0.3, -0.25) is 4.90 Å². The first-order chi connectivity index (χ1) is 9.13. The maximum absolute atomic E-state index is 14.0. The topological polar surface area (TPSA) is 23.5 Å². The third kappa shape index (κ3) is 3.27. The Kier molecular flexibility index (Phi) is 4.81. The molecule has 1 fully saturated rings. The zero-order valence-electron chi connectivity index (χ0n) is 11.9. The molecule has 106 valence electrons. The SMILES string of the molecule is CCN(C1CCCCC1)C(C)c1ccc(O)cc1F. The number of hydrogen-bond acceptors (Lipinski definition) is 2. The van der Waals surface area contributed by atoms with Crippen molar-refractivity contribution in [3.05, 3.63) is 29.6 Å². The molecule has 0 heterocycles. The smallest absolute Gasteiger partial charge is 0.131 e. The Morgan fingerprint density at radius 1 is 1.32 bits per heavy atom. The van der Waals surface area contributed by atoms with Crippen molar-refractivity contribution < 1.29 is 9.50 Å². The fraction of sp³-hybridized carbons (Fsp3) is 0.625. The Morgan fingerprint density at radius 2 is 2.00 bits per heavy atom. The van der Waals surface area contributed by atoms with E-state index in [-0.39, 0.29) is 17.6 Å². The van der Waals surface area contributed by atoms with Crippen LogP contribution in [0.4, 0.5) is 4.39 Å². The Labute approximate surface area is 115 Å². The monoisotopic (exact) mass is 265 g/mol. The summed E-state index contributed by atoms with van der Waals surface area (Å²) in [4.78, 5) is 2.40. The van der Waals surface area contributed by atoms with E-state index in [9.17, 15) is 9.50 Å². The maximum Gasteiger partial charge on any atom is 0.131 e. The zero-order valence-corrected chi connectivity index (χ0v) is 11.9. The number of hydrogen-bond donors (Lipinski definition) is 1. The summed E-state index contributed by atoms with van der Waals surface area (Å²) in [6.07, 6.45) is 6.34. The van der Waals surface area contributed by atoms with E-state index in [1.54, 1.807) is 12.1 Å². The Morgan fingerprint density at radius 3 is 2.58 bits per heavy atom. The summed E-state index contributed by atoms with van der Waals surface area (Å²) in [5.41, 5.74) is 0.685. The first-order valence-electron chi connectivity index (χ1n) is 7.37. The van der Waals surface area contributed by atoms with Crippen molar-refractivity contribution in [3.8, 4) is 5.75 Å². The van der Waals surface area contributed by atoms with Crippen LogP contribution >= 0.6 is 0 Å². The molecule has 1 aliphatic carbocycles. The van der Waals surface area contributed by atoms with Gasteiger partial charge in [-0.1, -0.05) is 32.3 Å². The van der Waals surface area contributed by atoms with Gasteiger partial charge in [-0.2, -0.15) is 0 Å². The van der Waals surface area contributed by atoms with Crippen LogP contribution in [-0.2, 0) is 0 Å². The quantitative estimate of drug-likeness (QED) is 0.880. The molecule has 2 nitrogen and oxygen atoms in total. The van der Waals surface area contributed by atoms with Gasteiger partial charge >= 0.3 is 0 Å². The summed E-state index contributed by atoms with van der Waals surface area (Å²) in [6.45, 7) is 5.14. The minimum atomic E-state index is -0.304. The standard InChI is InChI=1S/C16H24FNO/c1-3-18(13-7-5-4-6-8-13)12(2)15-10-9-14(19)11-16(15)17/h9-13,19H,3-8H2,1-2H3. The molecule has 1 aromatic rings. The molecule has 2 rings (SSSR count). The Balaban J connectivity index is 2.17. The van der Waals surface area contributed by atoms with Crippen LogP contribution < -0.4 is 0 Å². The van der Waals surface area contributed by atoms with E-state index in [4.69, 9.17) is 0 Å². The third-order valence-electron chi connectivity index (χ3n) is 4.34. The van der Waals surface area contributed by atoms with Crippen LogP contribution in [-0.4, -0.2) is 22.6 Å². The van der Waals surface area contributed by atoms with Crippen molar-refractivity contribution in [1.82, 2.24) is 4.90 Å². The van der Waals surface area contributed by atoms with Gasteiger partial charge in [0.15, 0.2) is 0 Å². The average molecular weight is 265 g/mol. The molecule has 0 radical (unpaired) electrons. The Hall–Kier alpha value is -1.09. The number of phenols is 1. The largest absolute Gasteiger partial charge is 0.508 e. The van der Waals surface area contributed by atoms with Gasteiger partial charge in [-0.05, 0) is 32.4 Å². The summed E-state index contributed by atoms with van der Waals surface area (Å²) >= 11 is 0. The lowest BCUT2D eigenvalue weighted by atomic mass is 9.92. The van der Waals surface area contributed by atoms with Crippen LogP contribution in [0.25, 0.3) is 0 Å². The molecular weight excluding hydrogens is 241 g/mol. The molecule has 19 heavy (non-hydrogen) atoms. The predicted molar refractivity (Wildman–Crippen MR) is 75.7 cm³/mol. The number of nitrogens with zero attached hydrogens (tertiary/aromatic N) is 1. The van der Waals surface area contributed by atoms with Gasteiger partial charge in [0, 0.05) is 23.7 Å². The highest BCUT2D eigenvalue weighted by atomic mass is 19.1. The predicted octanol–water partition coefficient (Wildman–Crippen LogP) is 4.25. The van der Waals surface area contributed by atoms with E-state index in [1.807, 2.05) is 0 Å². The van der Waals surface area contributed by atoms with Gasteiger partial charge in [0.1, 0.15) is 11.6 Å². The molecule has 1 aromatic carbocycles. The summed E-state index contributed by atoms with van der Waals surface area (Å²) in [5.74, 6) is -0.309. The van der Waals surface area contributed by atoms with Crippen molar-refractivity contribution in [2.45, 2.75) is 58.0 Å². The molecule has 0 aliphatic heterocycles. The van der Waals surface area contributed by atoms with Gasteiger partial charge in [0.25, 0.3) is 0 Å². The van der Waals surface area contributed by atoms with Crippen molar-refractivity contribution in [2.24, 2.45) is 0 Å². The molecule has 0 aromatic heterocycles. The molecule has 0 spiro atoms. The molecule has 1 unspecified atom stereocenters. The van der Waals surface area contributed by atoms with Crippen molar-refractivity contribution in [1.29, 1.82) is 0 Å². The highest BCUT2D eigenvalue weighted by molar-refractivity contribution is 5.29. The van der Waals surface area contributed by atoms with Crippen LogP contribution in [0.2, 0.25) is 0 Å². The maximum atomic E-state index is 14.0. The molecule has 1 N–H and O–H groups in total. The number of halogens is 1. The summed E-state index contributed by atoms with van der Waals surface area (Å²) < 4.78 is 14.0. The zero-order chi connectivity index (χ0) is 13.8. The normalized spacial score (nSPS) is 18.7. The van der Waals surface area contributed by atoms with E-state index in [2.05, 4.69) is 18.7 Å². The molecule has 0 bridgehead atoms. The summed E-state index contributed by atoms with van der Waals surface area (Å²) in [7, 11) is 0. The van der Waals surface area contributed by atoms with Gasteiger partial charge in [-0.15, -0.1) is 0 Å². The number of aromatic hydroxyl groups is 1. The van der Waals surface area contributed by atoms with E-state index in [0.29, 0.717) is 11.6 Å². The van der Waals surface area contributed by atoms with E-state index in [1.165, 1.54) is 38.2 Å². The summed E-state index contributed by atoms with van der Waals surface area (Å²) in [6, 6.07) is 5.13. The van der Waals surface area contributed by atoms with Crippen LogP contribution in [0.5, 0.6) is 5.75 Å². The van der Waals surface area contributed by atoms with E-state index in [0.717, 1.165) is 6.54 Å². The first-order valence-corrected chi connectivity index (χ1v) is 7.37. The van der Waals surface area contributed by atoms with Crippen LogP contribution in [0.1, 0.15) is 57.6 Å². The van der Waals surface area contributed by atoms with E-state index >= 15 is 0 Å². The first kappa shape index (κ1) is 14.3. The second-order valence-corrected chi connectivity index (χ2v) is 5.50. The van der Waals surface area contributed by atoms with Gasteiger partial charge in [0.2, 0.25) is 0 Å². The fourth-order valence-corrected chi connectivity index (χ4v) is 3.29. The lowest BCUT2D eigenvalue weighted by molar-refractivity contribution is 0.117. The lowest BCUT2D eigenvalue weighted by Crippen LogP contribution is -2.38. The fourth-order valence-electron chi connectivity index (χ4n) is 3.29. The molecule has 0 saturated heterocycles. The van der Waals surface area contributed by atoms with Crippen LogP contribution in [0.3, 0.4) is 0 Å². The van der Waals surface area contributed by atoms with Gasteiger partial charge < -0.3 is 5.11 Å². The van der Waals surface area contributed by atoms with Gasteiger partial charge in [-0.25, -0.2) is 4.39 Å². The molecule has 1 saturated carbocycles. The minimum absolute atomic E-state index is 0.00540. The van der Waals surface area contributed by atoms with Crippen LogP contribution in [0.15, 0.2) is 18.2 Å². The second-order valence-electron chi connectivity index (χ2n) is 5.50. The molecule has 1 aliphatic rings. The minimum Gasteiger partial charge on any atom is -0.508 e. The third-order valence-corrected chi connectivity index (χ3v) is 4.34. The Bertz CT molecular complexity index is 415. The van der Waals surface area contributed by atoms with E-state index < -0.39 is 0 Å².